The summed E-state index contributed by atoms with van der Waals surface area (Å²) >= 11 is 3.41. The molecule has 0 fully saturated rings. The number of halogens is 1. The van der Waals surface area contributed by atoms with Gasteiger partial charge >= 0.3 is 0 Å². The number of hydrogen-bond acceptors (Lipinski definition) is 2. The van der Waals surface area contributed by atoms with Crippen LogP contribution in [0.3, 0.4) is 0 Å². The molecule has 2 heterocycles. The van der Waals surface area contributed by atoms with E-state index in [2.05, 4.69) is 32.6 Å². The highest BCUT2D eigenvalue weighted by atomic mass is 79.9. The molecule has 0 radical (unpaired) electrons. The SMILES string of the molecule is C=C(C)c1cc(Br)cn2ncnc12. The Kier molecular flexibility index (Phi) is 1.92. The van der Waals surface area contributed by atoms with Crippen molar-refractivity contribution >= 4 is 27.2 Å². The molecule has 0 saturated heterocycles. The average molecular weight is 238 g/mol. The van der Waals surface area contributed by atoms with E-state index in [4.69, 9.17) is 0 Å². The number of fused-ring (bicyclic) bond motifs is 1. The Bertz CT molecular complexity index is 473. The fourth-order valence-electron chi connectivity index (χ4n) is 1.21. The third-order valence-corrected chi connectivity index (χ3v) is 2.24. The molecule has 0 aliphatic rings. The van der Waals surface area contributed by atoms with E-state index in [1.165, 1.54) is 6.33 Å². The molecule has 0 aliphatic carbocycles. The van der Waals surface area contributed by atoms with E-state index >= 15 is 0 Å². The van der Waals surface area contributed by atoms with Crippen molar-refractivity contribution in [1.82, 2.24) is 14.6 Å². The Morgan fingerprint density at radius 3 is 3.08 bits per heavy atom. The van der Waals surface area contributed by atoms with Gasteiger partial charge in [-0.25, -0.2) is 9.50 Å². The molecule has 0 amide bonds. The van der Waals surface area contributed by atoms with Gasteiger partial charge in [-0.15, -0.1) is 0 Å². The van der Waals surface area contributed by atoms with Crippen LogP contribution in [0.15, 0.2) is 29.6 Å². The largest absolute Gasteiger partial charge is 0.219 e. The van der Waals surface area contributed by atoms with Crippen LogP contribution in [0.2, 0.25) is 0 Å². The zero-order chi connectivity index (χ0) is 9.42. The maximum atomic E-state index is 4.15. The predicted molar refractivity (Wildman–Crippen MR) is 55.4 cm³/mol. The van der Waals surface area contributed by atoms with E-state index in [0.717, 1.165) is 21.3 Å². The summed E-state index contributed by atoms with van der Waals surface area (Å²) in [6.45, 7) is 5.85. The maximum absolute atomic E-state index is 4.15. The lowest BCUT2D eigenvalue weighted by atomic mass is 10.1. The zero-order valence-electron chi connectivity index (χ0n) is 7.16. The van der Waals surface area contributed by atoms with Crippen LogP contribution < -0.4 is 0 Å². The van der Waals surface area contributed by atoms with Crippen molar-refractivity contribution in [2.45, 2.75) is 6.92 Å². The van der Waals surface area contributed by atoms with E-state index < -0.39 is 0 Å². The molecule has 2 aromatic heterocycles. The molecular formula is C9H8BrN3. The maximum Gasteiger partial charge on any atom is 0.162 e. The molecule has 0 atom stereocenters. The van der Waals surface area contributed by atoms with Gasteiger partial charge in [-0.1, -0.05) is 6.58 Å². The second kappa shape index (κ2) is 2.96. The van der Waals surface area contributed by atoms with Gasteiger partial charge in [0.15, 0.2) is 5.65 Å². The first-order valence-electron chi connectivity index (χ1n) is 3.83. The number of hydrogen-bond donors (Lipinski definition) is 0. The number of nitrogens with zero attached hydrogens (tertiary/aromatic N) is 3. The molecule has 2 rings (SSSR count). The molecule has 0 unspecified atom stereocenters. The van der Waals surface area contributed by atoms with Gasteiger partial charge in [-0.2, -0.15) is 5.10 Å². The lowest BCUT2D eigenvalue weighted by molar-refractivity contribution is 0.954. The van der Waals surface area contributed by atoms with E-state index in [-0.39, 0.29) is 0 Å². The Morgan fingerprint density at radius 1 is 1.62 bits per heavy atom. The molecule has 2 aromatic rings. The van der Waals surface area contributed by atoms with Gasteiger partial charge in [0.05, 0.1) is 0 Å². The molecule has 66 valence electrons. The molecule has 0 aliphatic heterocycles. The summed E-state index contributed by atoms with van der Waals surface area (Å²) in [6.07, 6.45) is 3.41. The highest BCUT2D eigenvalue weighted by Crippen LogP contribution is 2.21. The number of pyridine rings is 1. The van der Waals surface area contributed by atoms with Gasteiger partial charge < -0.3 is 0 Å². The topological polar surface area (TPSA) is 30.2 Å². The van der Waals surface area contributed by atoms with Crippen LogP contribution in [-0.2, 0) is 0 Å². The summed E-state index contributed by atoms with van der Waals surface area (Å²) in [7, 11) is 0. The van der Waals surface area contributed by atoms with Gasteiger partial charge in [-0.05, 0) is 34.5 Å². The summed E-state index contributed by atoms with van der Waals surface area (Å²) < 4.78 is 2.71. The summed E-state index contributed by atoms with van der Waals surface area (Å²) in [4.78, 5) is 4.15. The minimum atomic E-state index is 0.843. The second-order valence-electron chi connectivity index (χ2n) is 2.88. The first-order chi connectivity index (χ1) is 6.18. The van der Waals surface area contributed by atoms with Crippen LogP contribution in [0, 0.1) is 0 Å². The van der Waals surface area contributed by atoms with Crippen molar-refractivity contribution in [1.29, 1.82) is 0 Å². The van der Waals surface area contributed by atoms with Crippen LogP contribution in [0.25, 0.3) is 11.2 Å². The molecule has 0 spiro atoms. The smallest absolute Gasteiger partial charge is 0.162 e. The molecule has 0 aromatic carbocycles. The van der Waals surface area contributed by atoms with Gasteiger partial charge in [0.1, 0.15) is 6.33 Å². The molecule has 0 N–H and O–H groups in total. The second-order valence-corrected chi connectivity index (χ2v) is 3.80. The molecule has 3 nitrogen and oxygen atoms in total. The Labute approximate surface area is 84.2 Å². The van der Waals surface area contributed by atoms with E-state index in [0.29, 0.717) is 0 Å². The molecule has 13 heavy (non-hydrogen) atoms. The van der Waals surface area contributed by atoms with Crippen molar-refractivity contribution in [2.24, 2.45) is 0 Å². The van der Waals surface area contributed by atoms with Crippen molar-refractivity contribution in [3.63, 3.8) is 0 Å². The third kappa shape index (κ3) is 1.37. The van der Waals surface area contributed by atoms with Crippen molar-refractivity contribution < 1.29 is 0 Å². The Hall–Kier alpha value is -1.16. The van der Waals surface area contributed by atoms with Gasteiger partial charge in [0.2, 0.25) is 0 Å². The zero-order valence-corrected chi connectivity index (χ0v) is 8.74. The third-order valence-electron chi connectivity index (χ3n) is 1.80. The van der Waals surface area contributed by atoms with Crippen LogP contribution in [0.4, 0.5) is 0 Å². The molecule has 0 bridgehead atoms. The van der Waals surface area contributed by atoms with Crippen LogP contribution in [0.1, 0.15) is 12.5 Å². The lowest BCUT2D eigenvalue weighted by Crippen LogP contribution is -1.91. The fraction of sp³-hybridized carbons (Fsp3) is 0.111. The fourth-order valence-corrected chi connectivity index (χ4v) is 1.63. The first-order valence-corrected chi connectivity index (χ1v) is 4.62. The highest BCUT2D eigenvalue weighted by Gasteiger charge is 2.05. The summed E-state index contributed by atoms with van der Waals surface area (Å²) in [5.41, 5.74) is 2.85. The normalized spacial score (nSPS) is 10.6. The Balaban J connectivity index is 2.84. The van der Waals surface area contributed by atoms with Gasteiger partial charge in [0, 0.05) is 16.2 Å². The number of rotatable bonds is 1. The van der Waals surface area contributed by atoms with Gasteiger partial charge in [0.25, 0.3) is 0 Å². The van der Waals surface area contributed by atoms with Crippen molar-refractivity contribution in [3.05, 3.63) is 35.2 Å². The lowest BCUT2D eigenvalue weighted by Gasteiger charge is -2.02. The summed E-state index contributed by atoms with van der Waals surface area (Å²) in [5, 5.41) is 4.06. The van der Waals surface area contributed by atoms with Crippen molar-refractivity contribution in [2.75, 3.05) is 0 Å². The molecule has 4 heteroatoms. The predicted octanol–water partition coefficient (Wildman–Crippen LogP) is 2.52. The first kappa shape index (κ1) is 8.44. The standard InChI is InChI=1S/C9H8BrN3/c1-6(2)8-3-7(10)4-13-9(8)11-5-12-13/h3-5H,1H2,2H3. The van der Waals surface area contributed by atoms with Crippen molar-refractivity contribution in [3.8, 4) is 0 Å². The quantitative estimate of drug-likeness (QED) is 0.764. The summed E-state index contributed by atoms with van der Waals surface area (Å²) in [5.74, 6) is 0. The molecular weight excluding hydrogens is 230 g/mol. The minimum absolute atomic E-state index is 0.843. The van der Waals surface area contributed by atoms with Crippen LogP contribution in [-0.4, -0.2) is 14.6 Å². The van der Waals surface area contributed by atoms with E-state index in [1.807, 2.05) is 19.2 Å². The van der Waals surface area contributed by atoms with E-state index in [1.54, 1.807) is 4.52 Å². The Morgan fingerprint density at radius 2 is 2.38 bits per heavy atom. The van der Waals surface area contributed by atoms with E-state index in [9.17, 15) is 0 Å². The highest BCUT2D eigenvalue weighted by molar-refractivity contribution is 9.10. The number of aromatic nitrogens is 3. The van der Waals surface area contributed by atoms with Crippen LogP contribution in [0.5, 0.6) is 0 Å². The minimum Gasteiger partial charge on any atom is -0.219 e. The average Bonchev–Trinajstić information content (AvgIpc) is 2.49. The summed E-state index contributed by atoms with van der Waals surface area (Å²) in [6, 6.07) is 1.99. The van der Waals surface area contributed by atoms with Gasteiger partial charge in [-0.3, -0.25) is 0 Å². The monoisotopic (exact) mass is 237 g/mol. The number of allylic oxidation sites excluding steroid dienone is 1. The van der Waals surface area contributed by atoms with Crippen LogP contribution >= 0.6 is 15.9 Å². The molecule has 0 saturated carbocycles.